The second kappa shape index (κ2) is 4.52. The van der Waals surface area contributed by atoms with Gasteiger partial charge in [0.2, 0.25) is 0 Å². The molecule has 6 heteroatoms. The van der Waals surface area contributed by atoms with Crippen LogP contribution in [0.3, 0.4) is 0 Å². The van der Waals surface area contributed by atoms with E-state index in [1.165, 1.54) is 0 Å². The molecule has 1 unspecified atom stereocenters. The molecule has 1 aromatic rings. The highest BCUT2D eigenvalue weighted by Gasteiger charge is 2.28. The molecule has 0 aromatic carbocycles. The van der Waals surface area contributed by atoms with E-state index in [9.17, 15) is 8.42 Å². The van der Waals surface area contributed by atoms with Crippen LogP contribution in [0.25, 0.3) is 0 Å². The van der Waals surface area contributed by atoms with Gasteiger partial charge in [-0.3, -0.25) is 0 Å². The Bertz CT molecular complexity index is 501. The summed E-state index contributed by atoms with van der Waals surface area (Å²) in [6.07, 6.45) is 1.73. The Morgan fingerprint density at radius 1 is 1.53 bits per heavy atom. The van der Waals surface area contributed by atoms with Gasteiger partial charge < -0.3 is 10.2 Å². The predicted molar refractivity (Wildman–Crippen MR) is 69.2 cm³/mol. The molecule has 1 fully saturated rings. The second-order valence-electron chi connectivity index (χ2n) is 4.31. The van der Waals surface area contributed by atoms with Crippen LogP contribution >= 0.6 is 0 Å². The third-order valence-electron chi connectivity index (χ3n) is 3.00. The van der Waals surface area contributed by atoms with Crippen LogP contribution < -0.4 is 10.2 Å². The lowest BCUT2D eigenvalue weighted by Crippen LogP contribution is -2.47. The maximum absolute atomic E-state index is 11.5. The summed E-state index contributed by atoms with van der Waals surface area (Å²) in [5.41, 5.74) is 1.02. The highest BCUT2D eigenvalue weighted by molar-refractivity contribution is 7.91. The van der Waals surface area contributed by atoms with Crippen molar-refractivity contribution in [2.75, 3.05) is 35.3 Å². The molecular weight excluding hydrogens is 238 g/mol. The first kappa shape index (κ1) is 12.2. The van der Waals surface area contributed by atoms with Gasteiger partial charge in [0.05, 0.1) is 11.5 Å². The molecule has 0 amide bonds. The Balaban J connectivity index is 2.23. The molecule has 0 saturated carbocycles. The summed E-state index contributed by atoms with van der Waals surface area (Å²) in [6, 6.07) is 3.87. The van der Waals surface area contributed by atoms with Gasteiger partial charge in [-0.05, 0) is 13.0 Å². The molecule has 1 aliphatic heterocycles. The third kappa shape index (κ3) is 2.69. The zero-order valence-electron chi connectivity index (χ0n) is 10.0. The predicted octanol–water partition coefficient (Wildman–Crippen LogP) is 0.747. The SMILES string of the molecule is CNc1cc(N2CCS(=O)(=O)CC2C)ccn1. The molecule has 17 heavy (non-hydrogen) atoms. The monoisotopic (exact) mass is 255 g/mol. The van der Waals surface area contributed by atoms with Gasteiger partial charge in [0.1, 0.15) is 5.82 Å². The van der Waals surface area contributed by atoms with Crippen molar-refractivity contribution >= 4 is 21.3 Å². The topological polar surface area (TPSA) is 62.3 Å². The van der Waals surface area contributed by atoms with Crippen LogP contribution in [0.1, 0.15) is 6.92 Å². The standard InChI is InChI=1S/C11H17N3O2S/c1-9-8-17(15,16)6-5-14(9)10-3-4-13-11(7-10)12-2/h3-4,7,9H,5-6,8H2,1-2H3,(H,12,13). The molecule has 0 bridgehead atoms. The molecule has 1 aliphatic rings. The van der Waals surface area contributed by atoms with Crippen molar-refractivity contribution in [3.8, 4) is 0 Å². The van der Waals surface area contributed by atoms with Gasteiger partial charge in [-0.25, -0.2) is 13.4 Å². The normalized spacial score (nSPS) is 23.4. The van der Waals surface area contributed by atoms with E-state index in [0.717, 1.165) is 11.5 Å². The molecule has 0 spiro atoms. The number of hydrogen-bond acceptors (Lipinski definition) is 5. The lowest BCUT2D eigenvalue weighted by Gasteiger charge is -2.35. The molecular formula is C11H17N3O2S. The van der Waals surface area contributed by atoms with E-state index in [-0.39, 0.29) is 17.5 Å². The molecule has 2 rings (SSSR count). The van der Waals surface area contributed by atoms with Crippen LogP contribution in [0, 0.1) is 0 Å². The molecule has 94 valence electrons. The van der Waals surface area contributed by atoms with Gasteiger partial charge in [0.25, 0.3) is 0 Å². The largest absolute Gasteiger partial charge is 0.373 e. The number of pyridine rings is 1. The second-order valence-corrected chi connectivity index (χ2v) is 6.53. The van der Waals surface area contributed by atoms with E-state index in [2.05, 4.69) is 15.2 Å². The summed E-state index contributed by atoms with van der Waals surface area (Å²) < 4.78 is 23.0. The number of hydrogen-bond donors (Lipinski definition) is 1. The Morgan fingerprint density at radius 3 is 2.94 bits per heavy atom. The van der Waals surface area contributed by atoms with Crippen molar-refractivity contribution in [1.29, 1.82) is 0 Å². The fourth-order valence-corrected chi connectivity index (χ4v) is 3.67. The van der Waals surface area contributed by atoms with Gasteiger partial charge in [-0.2, -0.15) is 0 Å². The third-order valence-corrected chi connectivity index (χ3v) is 4.80. The molecule has 1 saturated heterocycles. The molecule has 0 radical (unpaired) electrons. The van der Waals surface area contributed by atoms with Crippen LogP contribution in [0.2, 0.25) is 0 Å². The molecule has 5 nitrogen and oxygen atoms in total. The quantitative estimate of drug-likeness (QED) is 0.845. The summed E-state index contributed by atoms with van der Waals surface area (Å²) in [4.78, 5) is 6.26. The van der Waals surface area contributed by atoms with Crippen LogP contribution in [0.5, 0.6) is 0 Å². The van der Waals surface area contributed by atoms with E-state index in [1.54, 1.807) is 6.20 Å². The van der Waals surface area contributed by atoms with Gasteiger partial charge in [-0.15, -0.1) is 0 Å². The van der Waals surface area contributed by atoms with E-state index in [4.69, 9.17) is 0 Å². The van der Waals surface area contributed by atoms with Crippen LogP contribution in [0.4, 0.5) is 11.5 Å². The lowest BCUT2D eigenvalue weighted by atomic mass is 10.2. The molecule has 1 N–H and O–H groups in total. The number of nitrogens with one attached hydrogen (secondary N) is 1. The fourth-order valence-electron chi connectivity index (χ4n) is 2.12. The van der Waals surface area contributed by atoms with Gasteiger partial charge in [0, 0.05) is 37.6 Å². The van der Waals surface area contributed by atoms with Crippen molar-refractivity contribution in [1.82, 2.24) is 4.98 Å². The number of nitrogens with zero attached hydrogens (tertiary/aromatic N) is 2. The Hall–Kier alpha value is -1.30. The van der Waals surface area contributed by atoms with Crippen molar-refractivity contribution < 1.29 is 8.42 Å². The average molecular weight is 255 g/mol. The van der Waals surface area contributed by atoms with Gasteiger partial charge >= 0.3 is 0 Å². The zero-order valence-corrected chi connectivity index (χ0v) is 10.9. The first-order valence-corrected chi connectivity index (χ1v) is 7.45. The van der Waals surface area contributed by atoms with Crippen LogP contribution in [-0.4, -0.2) is 44.5 Å². The van der Waals surface area contributed by atoms with Crippen LogP contribution in [-0.2, 0) is 9.84 Å². The summed E-state index contributed by atoms with van der Waals surface area (Å²) in [5, 5.41) is 2.98. The minimum absolute atomic E-state index is 0.0147. The smallest absolute Gasteiger partial charge is 0.154 e. The van der Waals surface area contributed by atoms with Crippen molar-refractivity contribution in [2.24, 2.45) is 0 Å². The lowest BCUT2D eigenvalue weighted by molar-refractivity contribution is 0.568. The van der Waals surface area contributed by atoms with Gasteiger partial charge in [-0.1, -0.05) is 0 Å². The number of rotatable bonds is 2. The summed E-state index contributed by atoms with van der Waals surface area (Å²) in [5.74, 6) is 1.25. The molecule has 0 aliphatic carbocycles. The fraction of sp³-hybridized carbons (Fsp3) is 0.545. The molecule has 2 heterocycles. The van der Waals surface area contributed by atoms with E-state index >= 15 is 0 Å². The molecule has 1 aromatic heterocycles. The summed E-state index contributed by atoms with van der Waals surface area (Å²) >= 11 is 0. The maximum Gasteiger partial charge on any atom is 0.154 e. The number of anilines is 2. The minimum Gasteiger partial charge on any atom is -0.373 e. The number of aromatic nitrogens is 1. The van der Waals surface area contributed by atoms with Gasteiger partial charge in [0.15, 0.2) is 9.84 Å². The Morgan fingerprint density at radius 2 is 2.29 bits per heavy atom. The first-order valence-electron chi connectivity index (χ1n) is 5.63. The molecule has 1 atom stereocenters. The highest BCUT2D eigenvalue weighted by Crippen LogP contribution is 2.22. The Kier molecular flexibility index (Phi) is 3.24. The zero-order chi connectivity index (χ0) is 12.5. The van der Waals surface area contributed by atoms with Crippen molar-refractivity contribution in [2.45, 2.75) is 13.0 Å². The van der Waals surface area contributed by atoms with Crippen molar-refractivity contribution in [3.05, 3.63) is 18.3 Å². The minimum atomic E-state index is -2.86. The van der Waals surface area contributed by atoms with Crippen LogP contribution in [0.15, 0.2) is 18.3 Å². The maximum atomic E-state index is 11.5. The van der Waals surface area contributed by atoms with E-state index < -0.39 is 9.84 Å². The van der Waals surface area contributed by atoms with Crippen molar-refractivity contribution in [3.63, 3.8) is 0 Å². The average Bonchev–Trinajstić information content (AvgIpc) is 2.28. The Labute approximate surface area is 102 Å². The number of sulfone groups is 1. The van der Waals surface area contributed by atoms with E-state index in [1.807, 2.05) is 26.1 Å². The van der Waals surface area contributed by atoms with E-state index in [0.29, 0.717) is 6.54 Å². The summed E-state index contributed by atoms with van der Waals surface area (Å²) in [7, 11) is -1.05. The summed E-state index contributed by atoms with van der Waals surface area (Å²) in [6.45, 7) is 2.49. The highest BCUT2D eigenvalue weighted by atomic mass is 32.2. The first-order chi connectivity index (χ1) is 8.02.